The molecular formula is C14H16N4O2. The molecular weight excluding hydrogens is 256 g/mol. The highest BCUT2D eigenvalue weighted by Gasteiger charge is 2.33. The van der Waals surface area contributed by atoms with Gasteiger partial charge in [-0.3, -0.25) is 10.1 Å². The van der Waals surface area contributed by atoms with Gasteiger partial charge in [0.2, 0.25) is 0 Å². The Hall–Kier alpha value is -2.24. The number of benzene rings is 1. The number of non-ortho nitro benzene ring substituents is 1. The predicted octanol–water partition coefficient (Wildman–Crippen LogP) is 2.95. The van der Waals surface area contributed by atoms with Gasteiger partial charge in [-0.05, 0) is 31.2 Å². The number of nitrogens with one attached hydrogen (secondary N) is 1. The summed E-state index contributed by atoms with van der Waals surface area (Å²) in [4.78, 5) is 10.6. The number of nitro groups is 1. The zero-order chi connectivity index (χ0) is 14.1. The smallest absolute Gasteiger partial charge is 0.258 e. The molecule has 1 saturated carbocycles. The summed E-state index contributed by atoms with van der Waals surface area (Å²) < 4.78 is 0. The number of nitro benzene ring substituents is 1. The molecule has 1 aliphatic rings. The Morgan fingerprint density at radius 3 is 2.75 bits per heavy atom. The number of hydrogen-bond donors (Lipinski definition) is 1. The maximum absolute atomic E-state index is 11.0. The van der Waals surface area contributed by atoms with Crippen molar-refractivity contribution in [3.05, 3.63) is 51.3 Å². The zero-order valence-electron chi connectivity index (χ0n) is 11.2. The summed E-state index contributed by atoms with van der Waals surface area (Å²) in [7, 11) is 0. The lowest BCUT2D eigenvalue weighted by molar-refractivity contribution is -0.384. The lowest BCUT2D eigenvalue weighted by atomic mass is 9.71. The first-order chi connectivity index (χ1) is 9.66. The van der Waals surface area contributed by atoms with Crippen molar-refractivity contribution in [2.45, 2.75) is 32.1 Å². The highest BCUT2D eigenvalue weighted by atomic mass is 16.6. The molecule has 1 atom stereocenters. The average Bonchev–Trinajstić information content (AvgIpc) is 2.79. The van der Waals surface area contributed by atoms with Crippen molar-refractivity contribution in [2.75, 3.05) is 0 Å². The number of aromatic nitrogens is 3. The van der Waals surface area contributed by atoms with Crippen LogP contribution in [0.1, 0.15) is 42.1 Å². The number of rotatable bonds is 4. The molecule has 1 N–H and O–H groups in total. The zero-order valence-corrected chi connectivity index (χ0v) is 11.2. The van der Waals surface area contributed by atoms with Gasteiger partial charge in [-0.2, -0.15) is 15.4 Å². The molecule has 0 bridgehead atoms. The van der Waals surface area contributed by atoms with E-state index in [4.69, 9.17) is 0 Å². The molecule has 6 heteroatoms. The third-order valence-corrected chi connectivity index (χ3v) is 4.11. The molecule has 1 heterocycles. The third-order valence-electron chi connectivity index (χ3n) is 4.11. The fourth-order valence-corrected chi connectivity index (χ4v) is 2.84. The number of aryl methyl sites for hydroxylation is 1. The van der Waals surface area contributed by atoms with Gasteiger partial charge in [-0.1, -0.05) is 18.6 Å². The number of aromatic amines is 1. The summed E-state index contributed by atoms with van der Waals surface area (Å²) in [5.74, 6) is 0.600. The molecule has 6 nitrogen and oxygen atoms in total. The predicted molar refractivity (Wildman–Crippen MR) is 73.4 cm³/mol. The van der Waals surface area contributed by atoms with Crippen LogP contribution in [0.2, 0.25) is 0 Å². The van der Waals surface area contributed by atoms with Gasteiger partial charge in [0.15, 0.2) is 0 Å². The topological polar surface area (TPSA) is 84.7 Å². The average molecular weight is 272 g/mol. The van der Waals surface area contributed by atoms with Gasteiger partial charge < -0.3 is 0 Å². The summed E-state index contributed by atoms with van der Waals surface area (Å²) in [6.07, 6.45) is 3.49. The van der Waals surface area contributed by atoms with Crippen molar-refractivity contribution in [3.8, 4) is 0 Å². The summed E-state index contributed by atoms with van der Waals surface area (Å²) in [5.41, 5.74) is 2.87. The second-order valence-electron chi connectivity index (χ2n) is 5.32. The van der Waals surface area contributed by atoms with Crippen LogP contribution in [-0.2, 0) is 0 Å². The molecule has 0 amide bonds. The summed E-state index contributed by atoms with van der Waals surface area (Å²) in [5, 5.41) is 22.0. The Morgan fingerprint density at radius 2 is 2.20 bits per heavy atom. The lowest BCUT2D eigenvalue weighted by Crippen LogP contribution is -2.22. The summed E-state index contributed by atoms with van der Waals surface area (Å²) >= 11 is 0. The van der Waals surface area contributed by atoms with E-state index < -0.39 is 0 Å². The molecule has 2 aromatic rings. The van der Waals surface area contributed by atoms with E-state index in [1.54, 1.807) is 12.1 Å². The van der Waals surface area contributed by atoms with Crippen molar-refractivity contribution in [1.82, 2.24) is 15.4 Å². The number of nitrogens with zero attached hydrogens (tertiary/aromatic N) is 3. The van der Waals surface area contributed by atoms with E-state index >= 15 is 0 Å². The van der Waals surface area contributed by atoms with Gasteiger partial charge in [0.05, 0.1) is 16.3 Å². The fraction of sp³-hybridized carbons (Fsp3) is 0.429. The minimum absolute atomic E-state index is 0.0994. The lowest BCUT2D eigenvalue weighted by Gasteiger charge is -2.33. The standard InChI is InChI=1S/C14H16N4O2/c1-9-14(16-17-15-9)13(10-4-2-5-10)11-6-3-7-12(8-11)18(19)20/h3,6-8,10,13H,2,4-5H2,1H3,(H,15,16,17). The van der Waals surface area contributed by atoms with E-state index in [9.17, 15) is 10.1 Å². The minimum atomic E-state index is -0.350. The van der Waals surface area contributed by atoms with E-state index in [1.165, 1.54) is 12.5 Å². The molecule has 0 aliphatic heterocycles. The van der Waals surface area contributed by atoms with Gasteiger partial charge >= 0.3 is 0 Å². The molecule has 1 aliphatic carbocycles. The Kier molecular flexibility index (Phi) is 3.22. The Morgan fingerprint density at radius 1 is 1.40 bits per heavy atom. The van der Waals surface area contributed by atoms with Crippen molar-refractivity contribution >= 4 is 5.69 Å². The van der Waals surface area contributed by atoms with Crippen LogP contribution in [0.15, 0.2) is 24.3 Å². The Labute approximate surface area is 116 Å². The van der Waals surface area contributed by atoms with Crippen LogP contribution in [0.4, 0.5) is 5.69 Å². The van der Waals surface area contributed by atoms with Gasteiger partial charge in [-0.25, -0.2) is 0 Å². The van der Waals surface area contributed by atoms with E-state index in [0.29, 0.717) is 5.92 Å². The molecule has 1 unspecified atom stereocenters. The second-order valence-corrected chi connectivity index (χ2v) is 5.32. The summed E-state index contributed by atoms with van der Waals surface area (Å²) in [6.45, 7) is 1.92. The van der Waals surface area contributed by atoms with Crippen LogP contribution in [0, 0.1) is 23.0 Å². The van der Waals surface area contributed by atoms with Crippen LogP contribution < -0.4 is 0 Å². The first-order valence-electron chi connectivity index (χ1n) is 6.78. The van der Waals surface area contributed by atoms with Gasteiger partial charge in [0, 0.05) is 18.1 Å². The van der Waals surface area contributed by atoms with Crippen LogP contribution in [0.3, 0.4) is 0 Å². The highest BCUT2D eigenvalue weighted by molar-refractivity contribution is 5.40. The molecule has 1 aromatic carbocycles. The molecule has 104 valence electrons. The molecule has 1 aromatic heterocycles. The summed E-state index contributed by atoms with van der Waals surface area (Å²) in [6, 6.07) is 6.88. The van der Waals surface area contributed by atoms with Crippen LogP contribution >= 0.6 is 0 Å². The van der Waals surface area contributed by atoms with Crippen molar-refractivity contribution in [2.24, 2.45) is 5.92 Å². The largest absolute Gasteiger partial charge is 0.269 e. The maximum atomic E-state index is 11.0. The Bertz CT molecular complexity index is 634. The molecule has 3 rings (SSSR count). The van der Waals surface area contributed by atoms with Gasteiger partial charge in [-0.15, -0.1) is 0 Å². The fourth-order valence-electron chi connectivity index (χ4n) is 2.84. The van der Waals surface area contributed by atoms with Crippen molar-refractivity contribution < 1.29 is 4.92 Å². The number of H-pyrrole nitrogens is 1. The van der Waals surface area contributed by atoms with E-state index in [0.717, 1.165) is 29.8 Å². The van der Waals surface area contributed by atoms with Gasteiger partial charge in [0.25, 0.3) is 5.69 Å². The maximum Gasteiger partial charge on any atom is 0.269 e. The van der Waals surface area contributed by atoms with Crippen LogP contribution in [-0.4, -0.2) is 20.3 Å². The normalized spacial score (nSPS) is 16.6. The van der Waals surface area contributed by atoms with Crippen LogP contribution in [0.5, 0.6) is 0 Å². The first kappa shape index (κ1) is 12.8. The van der Waals surface area contributed by atoms with Crippen LogP contribution in [0.25, 0.3) is 0 Å². The van der Waals surface area contributed by atoms with Crippen molar-refractivity contribution in [3.63, 3.8) is 0 Å². The molecule has 0 radical (unpaired) electrons. The van der Waals surface area contributed by atoms with Crippen molar-refractivity contribution in [1.29, 1.82) is 0 Å². The number of hydrogen-bond acceptors (Lipinski definition) is 4. The SMILES string of the molecule is Cc1n[nH]nc1C(c1cccc([N+](=O)[O-])c1)C1CCC1. The Balaban J connectivity index is 2.03. The first-order valence-corrected chi connectivity index (χ1v) is 6.78. The quantitative estimate of drug-likeness (QED) is 0.685. The monoisotopic (exact) mass is 272 g/mol. The molecule has 0 spiro atoms. The third kappa shape index (κ3) is 2.17. The molecule has 0 saturated heterocycles. The van der Waals surface area contributed by atoms with E-state index in [-0.39, 0.29) is 16.5 Å². The van der Waals surface area contributed by atoms with Gasteiger partial charge in [0.1, 0.15) is 0 Å². The van der Waals surface area contributed by atoms with E-state index in [1.807, 2.05) is 13.0 Å². The minimum Gasteiger partial charge on any atom is -0.258 e. The highest BCUT2D eigenvalue weighted by Crippen LogP contribution is 2.43. The van der Waals surface area contributed by atoms with E-state index in [2.05, 4.69) is 15.4 Å². The second kappa shape index (κ2) is 5.03. The molecule has 20 heavy (non-hydrogen) atoms. The molecule has 1 fully saturated rings.